The molecule has 3 aromatic rings. The van der Waals surface area contributed by atoms with E-state index in [9.17, 15) is 9.59 Å². The van der Waals surface area contributed by atoms with Crippen LogP contribution in [-0.2, 0) is 20.9 Å². The van der Waals surface area contributed by atoms with Gasteiger partial charge < -0.3 is 15.4 Å². The quantitative estimate of drug-likeness (QED) is 0.584. The van der Waals surface area contributed by atoms with E-state index < -0.39 is 6.04 Å². The highest BCUT2D eigenvalue weighted by molar-refractivity contribution is 6.31. The van der Waals surface area contributed by atoms with Gasteiger partial charge in [0.1, 0.15) is 11.9 Å². The van der Waals surface area contributed by atoms with Gasteiger partial charge in [0.15, 0.2) is 0 Å². The van der Waals surface area contributed by atoms with Gasteiger partial charge in [0.2, 0.25) is 5.91 Å². The van der Waals surface area contributed by atoms with E-state index in [1.54, 1.807) is 48.2 Å². The zero-order valence-electron chi connectivity index (χ0n) is 16.0. The maximum absolute atomic E-state index is 12.6. The molecule has 0 aliphatic carbocycles. The molecule has 0 saturated heterocycles. The summed E-state index contributed by atoms with van der Waals surface area (Å²) >= 11 is 12.0. The third-order valence-corrected chi connectivity index (χ3v) is 5.21. The minimum atomic E-state index is -0.768. The minimum Gasteiger partial charge on any atom is -0.378 e. The van der Waals surface area contributed by atoms with Crippen LogP contribution in [0.2, 0.25) is 10.0 Å². The molecule has 7 nitrogen and oxygen atoms in total. The summed E-state index contributed by atoms with van der Waals surface area (Å²) in [5, 5.41) is 11.3. The molecule has 0 radical (unpaired) electrons. The van der Waals surface area contributed by atoms with E-state index in [1.807, 2.05) is 12.1 Å². The van der Waals surface area contributed by atoms with Crippen molar-refractivity contribution in [3.8, 4) is 11.1 Å². The first-order valence-electron chi connectivity index (χ1n) is 9.19. The summed E-state index contributed by atoms with van der Waals surface area (Å²) in [5.74, 6) is -0.0741. The van der Waals surface area contributed by atoms with E-state index in [-0.39, 0.29) is 24.8 Å². The average Bonchev–Trinajstić information content (AvgIpc) is 3.18. The van der Waals surface area contributed by atoms with Crippen molar-refractivity contribution >= 4 is 46.5 Å². The SMILES string of the molecule is COCc1nn2c(c1-c1ccc(Cl)cc1)NC(=O)C2CC(=O)Nc1cccc(Cl)c1. The molecule has 2 N–H and O–H groups in total. The Morgan fingerprint density at radius 2 is 1.97 bits per heavy atom. The lowest BCUT2D eigenvalue weighted by Gasteiger charge is -2.10. The Bertz CT molecular complexity index is 1110. The van der Waals surface area contributed by atoms with E-state index in [1.165, 1.54) is 0 Å². The van der Waals surface area contributed by atoms with Gasteiger partial charge in [-0.3, -0.25) is 9.59 Å². The van der Waals surface area contributed by atoms with Crippen molar-refractivity contribution in [2.75, 3.05) is 17.7 Å². The van der Waals surface area contributed by atoms with Gasteiger partial charge in [-0.15, -0.1) is 0 Å². The molecule has 0 saturated carbocycles. The molecule has 1 aliphatic heterocycles. The fraction of sp³-hybridized carbons (Fsp3) is 0.190. The summed E-state index contributed by atoms with van der Waals surface area (Å²) in [6, 6.07) is 13.3. The number of methoxy groups -OCH3 is 1. The van der Waals surface area contributed by atoms with Crippen molar-refractivity contribution < 1.29 is 14.3 Å². The molecule has 30 heavy (non-hydrogen) atoms. The number of nitrogens with one attached hydrogen (secondary N) is 2. The number of carbonyl (C=O) groups excluding carboxylic acids is 2. The van der Waals surface area contributed by atoms with Crippen LogP contribution < -0.4 is 10.6 Å². The van der Waals surface area contributed by atoms with E-state index >= 15 is 0 Å². The van der Waals surface area contributed by atoms with Crippen molar-refractivity contribution in [3.05, 3.63) is 64.3 Å². The maximum Gasteiger partial charge on any atom is 0.251 e. The Morgan fingerprint density at radius 3 is 2.67 bits per heavy atom. The van der Waals surface area contributed by atoms with E-state index in [4.69, 9.17) is 27.9 Å². The summed E-state index contributed by atoms with van der Waals surface area (Å²) in [6.45, 7) is 0.259. The van der Waals surface area contributed by atoms with Gasteiger partial charge in [-0.25, -0.2) is 4.68 Å². The largest absolute Gasteiger partial charge is 0.378 e. The lowest BCUT2D eigenvalue weighted by atomic mass is 10.1. The first kappa shape index (κ1) is 20.4. The molecule has 1 aliphatic rings. The van der Waals surface area contributed by atoms with Crippen LogP contribution in [0.5, 0.6) is 0 Å². The Balaban J connectivity index is 1.62. The molecule has 1 unspecified atom stereocenters. The first-order valence-corrected chi connectivity index (χ1v) is 9.94. The fourth-order valence-corrected chi connectivity index (χ4v) is 3.74. The second-order valence-electron chi connectivity index (χ2n) is 6.82. The average molecular weight is 445 g/mol. The molecule has 1 aromatic heterocycles. The normalized spacial score (nSPS) is 15.0. The van der Waals surface area contributed by atoms with Crippen molar-refractivity contribution in [2.24, 2.45) is 0 Å². The Hall–Kier alpha value is -2.87. The number of carbonyl (C=O) groups is 2. The van der Waals surface area contributed by atoms with Crippen molar-refractivity contribution in [3.63, 3.8) is 0 Å². The topological polar surface area (TPSA) is 85.2 Å². The minimum absolute atomic E-state index is 0.0699. The Labute approximate surface area is 182 Å². The number of fused-ring (bicyclic) bond motifs is 1. The second kappa shape index (κ2) is 8.47. The predicted octanol–water partition coefficient (Wildman–Crippen LogP) is 4.53. The summed E-state index contributed by atoms with van der Waals surface area (Å²) in [5.41, 5.74) is 2.82. The highest BCUT2D eigenvalue weighted by Crippen LogP contribution is 2.39. The van der Waals surface area contributed by atoms with Gasteiger partial charge in [-0.2, -0.15) is 5.10 Å². The van der Waals surface area contributed by atoms with Crippen LogP contribution in [0.3, 0.4) is 0 Å². The van der Waals surface area contributed by atoms with Crippen molar-refractivity contribution in [1.29, 1.82) is 0 Å². The Kier molecular flexibility index (Phi) is 5.76. The molecule has 4 rings (SSSR count). The van der Waals surface area contributed by atoms with Crippen LogP contribution in [0.15, 0.2) is 48.5 Å². The van der Waals surface area contributed by atoms with Crippen LogP contribution in [-0.4, -0.2) is 28.7 Å². The molecule has 1 atom stereocenters. The van der Waals surface area contributed by atoms with E-state index in [0.717, 1.165) is 11.1 Å². The monoisotopic (exact) mass is 444 g/mol. The third kappa shape index (κ3) is 4.05. The summed E-state index contributed by atoms with van der Waals surface area (Å²) in [4.78, 5) is 25.2. The number of hydrogen-bond acceptors (Lipinski definition) is 4. The summed E-state index contributed by atoms with van der Waals surface area (Å²) in [7, 11) is 1.57. The van der Waals surface area contributed by atoms with Crippen molar-refractivity contribution in [2.45, 2.75) is 19.1 Å². The number of anilines is 2. The highest BCUT2D eigenvalue weighted by atomic mass is 35.5. The summed E-state index contributed by atoms with van der Waals surface area (Å²) in [6.07, 6.45) is -0.0699. The number of amides is 2. The van der Waals surface area contributed by atoms with Crippen LogP contribution in [0.1, 0.15) is 18.2 Å². The number of ether oxygens (including phenoxy) is 1. The van der Waals surface area contributed by atoms with Crippen LogP contribution >= 0.6 is 23.2 Å². The fourth-order valence-electron chi connectivity index (χ4n) is 3.43. The predicted molar refractivity (Wildman–Crippen MR) is 116 cm³/mol. The zero-order chi connectivity index (χ0) is 21.3. The molecule has 0 fully saturated rings. The molecule has 2 amide bonds. The van der Waals surface area contributed by atoms with Crippen LogP contribution in [0, 0.1) is 0 Å². The van der Waals surface area contributed by atoms with Crippen LogP contribution in [0.4, 0.5) is 11.5 Å². The number of aromatic nitrogens is 2. The Morgan fingerprint density at radius 1 is 1.20 bits per heavy atom. The van der Waals surface area contributed by atoms with Gasteiger partial charge in [-0.1, -0.05) is 41.4 Å². The molecule has 154 valence electrons. The molecular weight excluding hydrogens is 427 g/mol. The summed E-state index contributed by atoms with van der Waals surface area (Å²) < 4.78 is 6.83. The molecule has 2 aromatic carbocycles. The number of nitrogens with zero attached hydrogens (tertiary/aromatic N) is 2. The first-order chi connectivity index (χ1) is 14.5. The van der Waals surface area contributed by atoms with E-state index in [0.29, 0.717) is 27.2 Å². The smallest absolute Gasteiger partial charge is 0.251 e. The lowest BCUT2D eigenvalue weighted by Crippen LogP contribution is -2.24. The molecule has 0 spiro atoms. The molecule has 0 bridgehead atoms. The lowest BCUT2D eigenvalue weighted by molar-refractivity contribution is -0.123. The van der Waals surface area contributed by atoms with E-state index in [2.05, 4.69) is 15.7 Å². The van der Waals surface area contributed by atoms with Gasteiger partial charge in [-0.05, 0) is 35.9 Å². The van der Waals surface area contributed by atoms with Crippen molar-refractivity contribution in [1.82, 2.24) is 9.78 Å². The standard InChI is InChI=1S/C21H18Cl2N4O3/c1-30-11-16-19(12-5-7-13(22)8-6-12)20-25-21(29)17(27(20)26-16)10-18(28)24-15-4-2-3-14(23)9-15/h2-9,17H,10-11H2,1H3,(H,24,28)(H,25,29). The van der Waals surface area contributed by atoms with Crippen LogP contribution in [0.25, 0.3) is 11.1 Å². The number of rotatable bonds is 6. The second-order valence-corrected chi connectivity index (χ2v) is 7.70. The molecular formula is C21H18Cl2N4O3. The zero-order valence-corrected chi connectivity index (χ0v) is 17.5. The van der Waals surface area contributed by atoms with Gasteiger partial charge in [0, 0.05) is 28.4 Å². The molecule has 9 heteroatoms. The number of benzene rings is 2. The number of halogens is 2. The number of hydrogen-bond donors (Lipinski definition) is 2. The maximum atomic E-state index is 12.6. The van der Waals surface area contributed by atoms with Gasteiger partial charge in [0.25, 0.3) is 5.91 Å². The third-order valence-electron chi connectivity index (χ3n) is 4.72. The molecule has 2 heterocycles. The van der Waals surface area contributed by atoms with Gasteiger partial charge in [0.05, 0.1) is 18.7 Å². The highest BCUT2D eigenvalue weighted by Gasteiger charge is 2.37. The van der Waals surface area contributed by atoms with Gasteiger partial charge >= 0.3 is 0 Å².